The van der Waals surface area contributed by atoms with Crippen LogP contribution in [-0.4, -0.2) is 36.6 Å². The lowest BCUT2D eigenvalue weighted by Gasteiger charge is -2.28. The van der Waals surface area contributed by atoms with Crippen LogP contribution in [0.3, 0.4) is 0 Å². The van der Waals surface area contributed by atoms with E-state index < -0.39 is 0 Å². The molecule has 2 heterocycles. The molecule has 0 aliphatic carbocycles. The fraction of sp³-hybridized carbons (Fsp3) is 0.692. The number of nitrogens with zero attached hydrogens (tertiary/aromatic N) is 3. The summed E-state index contributed by atoms with van der Waals surface area (Å²) in [6, 6.07) is 0. The fourth-order valence-corrected chi connectivity index (χ4v) is 2.44. The Hall–Kier alpha value is -1.16. The lowest BCUT2D eigenvalue weighted by molar-refractivity contribution is 0.380. The molecule has 2 rings (SSSR count). The van der Waals surface area contributed by atoms with Crippen molar-refractivity contribution in [1.29, 1.82) is 0 Å². The van der Waals surface area contributed by atoms with Crippen molar-refractivity contribution in [2.45, 2.75) is 26.7 Å². The summed E-state index contributed by atoms with van der Waals surface area (Å²) in [4.78, 5) is 11.2. The summed E-state index contributed by atoms with van der Waals surface area (Å²) < 4.78 is 0. The van der Waals surface area contributed by atoms with Crippen LogP contribution in [0.5, 0.6) is 0 Å². The van der Waals surface area contributed by atoms with Gasteiger partial charge in [0.15, 0.2) is 0 Å². The lowest BCUT2D eigenvalue weighted by Crippen LogP contribution is -2.37. The number of anilines is 1. The SMILES string of the molecule is Cc1cnc(C)c(N(C)CC2CCCNC2)n1. The predicted octanol–water partition coefficient (Wildman–Crippen LogP) is 1.53. The zero-order chi connectivity index (χ0) is 12.3. The van der Waals surface area contributed by atoms with E-state index in [0.717, 1.165) is 36.2 Å². The van der Waals surface area contributed by atoms with Gasteiger partial charge in [-0.1, -0.05) is 0 Å². The molecule has 17 heavy (non-hydrogen) atoms. The molecule has 1 aliphatic heterocycles. The minimum Gasteiger partial charge on any atom is -0.358 e. The second-order valence-electron chi connectivity index (χ2n) is 5.01. The van der Waals surface area contributed by atoms with Gasteiger partial charge in [0.1, 0.15) is 5.82 Å². The zero-order valence-corrected chi connectivity index (χ0v) is 11.0. The van der Waals surface area contributed by atoms with Crippen molar-refractivity contribution >= 4 is 5.82 Å². The molecule has 0 saturated carbocycles. The van der Waals surface area contributed by atoms with E-state index in [0.29, 0.717) is 0 Å². The van der Waals surface area contributed by atoms with Gasteiger partial charge in [0, 0.05) is 19.8 Å². The fourth-order valence-electron chi connectivity index (χ4n) is 2.44. The molecule has 1 atom stereocenters. The third-order valence-corrected chi connectivity index (χ3v) is 3.34. The van der Waals surface area contributed by atoms with Gasteiger partial charge in [-0.2, -0.15) is 0 Å². The van der Waals surface area contributed by atoms with Gasteiger partial charge in [0.05, 0.1) is 11.4 Å². The molecule has 0 aromatic carbocycles. The van der Waals surface area contributed by atoms with Crippen LogP contribution in [0.25, 0.3) is 0 Å². The maximum Gasteiger partial charge on any atom is 0.150 e. The minimum absolute atomic E-state index is 0.732. The van der Waals surface area contributed by atoms with Crippen LogP contribution in [0.4, 0.5) is 5.82 Å². The highest BCUT2D eigenvalue weighted by Gasteiger charge is 2.17. The third kappa shape index (κ3) is 3.16. The molecule has 1 aromatic rings. The summed E-state index contributed by atoms with van der Waals surface area (Å²) in [7, 11) is 2.12. The number of rotatable bonds is 3. The highest BCUT2D eigenvalue weighted by Crippen LogP contribution is 2.18. The van der Waals surface area contributed by atoms with Gasteiger partial charge in [-0.15, -0.1) is 0 Å². The van der Waals surface area contributed by atoms with Crippen molar-refractivity contribution in [3.05, 3.63) is 17.6 Å². The summed E-state index contributed by atoms with van der Waals surface area (Å²) in [5.74, 6) is 1.76. The first-order chi connectivity index (χ1) is 8.16. The van der Waals surface area contributed by atoms with E-state index in [1.807, 2.05) is 20.0 Å². The Morgan fingerprint density at radius 3 is 3.00 bits per heavy atom. The number of aryl methyl sites for hydroxylation is 2. The van der Waals surface area contributed by atoms with Crippen LogP contribution in [0, 0.1) is 19.8 Å². The Balaban J connectivity index is 2.02. The maximum atomic E-state index is 4.58. The van der Waals surface area contributed by atoms with E-state index in [9.17, 15) is 0 Å². The standard InChI is InChI=1S/C13H22N4/c1-10-7-15-11(2)13(16-10)17(3)9-12-5-4-6-14-8-12/h7,12,14H,4-6,8-9H2,1-3H3. The van der Waals surface area contributed by atoms with Gasteiger partial charge >= 0.3 is 0 Å². The smallest absolute Gasteiger partial charge is 0.150 e. The summed E-state index contributed by atoms with van der Waals surface area (Å²) in [6.07, 6.45) is 4.43. The van der Waals surface area contributed by atoms with Crippen LogP contribution in [-0.2, 0) is 0 Å². The molecule has 0 radical (unpaired) electrons. The van der Waals surface area contributed by atoms with Crippen LogP contribution in [0.1, 0.15) is 24.2 Å². The first-order valence-corrected chi connectivity index (χ1v) is 6.39. The molecule has 0 spiro atoms. The lowest BCUT2D eigenvalue weighted by atomic mass is 9.99. The second kappa shape index (κ2) is 5.45. The second-order valence-corrected chi connectivity index (χ2v) is 5.01. The number of hydrogen-bond acceptors (Lipinski definition) is 4. The molecule has 1 saturated heterocycles. The largest absolute Gasteiger partial charge is 0.358 e. The maximum absolute atomic E-state index is 4.58. The van der Waals surface area contributed by atoms with Crippen molar-refractivity contribution in [3.8, 4) is 0 Å². The summed E-state index contributed by atoms with van der Waals surface area (Å²) in [6.45, 7) is 7.38. The topological polar surface area (TPSA) is 41.1 Å². The Morgan fingerprint density at radius 2 is 2.29 bits per heavy atom. The molecule has 1 aliphatic rings. The molecule has 1 fully saturated rings. The van der Waals surface area contributed by atoms with Crippen molar-refractivity contribution in [2.24, 2.45) is 5.92 Å². The zero-order valence-electron chi connectivity index (χ0n) is 11.0. The van der Waals surface area contributed by atoms with Gasteiger partial charge < -0.3 is 10.2 Å². The van der Waals surface area contributed by atoms with Crippen LogP contribution in [0.2, 0.25) is 0 Å². The Bertz CT molecular complexity index is 372. The van der Waals surface area contributed by atoms with E-state index in [2.05, 4.69) is 27.2 Å². The highest BCUT2D eigenvalue weighted by molar-refractivity contribution is 5.42. The molecule has 1 unspecified atom stereocenters. The van der Waals surface area contributed by atoms with Crippen molar-refractivity contribution in [3.63, 3.8) is 0 Å². The first-order valence-electron chi connectivity index (χ1n) is 6.39. The van der Waals surface area contributed by atoms with Crippen molar-refractivity contribution < 1.29 is 0 Å². The molecule has 4 nitrogen and oxygen atoms in total. The van der Waals surface area contributed by atoms with E-state index in [1.54, 1.807) is 0 Å². The quantitative estimate of drug-likeness (QED) is 0.861. The first kappa shape index (κ1) is 12.3. The van der Waals surface area contributed by atoms with Crippen LogP contribution < -0.4 is 10.2 Å². The number of hydrogen-bond donors (Lipinski definition) is 1. The van der Waals surface area contributed by atoms with E-state index in [4.69, 9.17) is 0 Å². The van der Waals surface area contributed by atoms with Gasteiger partial charge in [0.25, 0.3) is 0 Å². The average Bonchev–Trinajstić information content (AvgIpc) is 2.33. The van der Waals surface area contributed by atoms with Crippen LogP contribution in [0.15, 0.2) is 6.20 Å². The van der Waals surface area contributed by atoms with Gasteiger partial charge in [-0.3, -0.25) is 4.98 Å². The Morgan fingerprint density at radius 1 is 1.47 bits per heavy atom. The number of nitrogens with one attached hydrogen (secondary N) is 1. The van der Waals surface area contributed by atoms with E-state index >= 15 is 0 Å². The van der Waals surface area contributed by atoms with Crippen molar-refractivity contribution in [2.75, 3.05) is 31.6 Å². The van der Waals surface area contributed by atoms with Gasteiger partial charge in [-0.25, -0.2) is 4.98 Å². The predicted molar refractivity (Wildman–Crippen MR) is 70.4 cm³/mol. The summed E-state index contributed by atoms with van der Waals surface area (Å²) in [5.41, 5.74) is 2.00. The molecule has 1 N–H and O–H groups in total. The molecule has 94 valence electrons. The summed E-state index contributed by atoms with van der Waals surface area (Å²) >= 11 is 0. The Kier molecular flexibility index (Phi) is 3.94. The molecular formula is C13H22N4. The highest BCUT2D eigenvalue weighted by atomic mass is 15.2. The number of aromatic nitrogens is 2. The molecule has 0 bridgehead atoms. The van der Waals surface area contributed by atoms with Crippen LogP contribution >= 0.6 is 0 Å². The average molecular weight is 234 g/mol. The van der Waals surface area contributed by atoms with Crippen molar-refractivity contribution in [1.82, 2.24) is 15.3 Å². The summed E-state index contributed by atoms with van der Waals surface area (Å²) in [5, 5.41) is 3.45. The molecule has 4 heteroatoms. The minimum atomic E-state index is 0.732. The normalized spacial score (nSPS) is 20.3. The molecule has 1 aromatic heterocycles. The Labute approximate surface area is 103 Å². The third-order valence-electron chi connectivity index (χ3n) is 3.34. The van der Waals surface area contributed by atoms with Gasteiger partial charge in [-0.05, 0) is 45.7 Å². The monoisotopic (exact) mass is 234 g/mol. The van der Waals surface area contributed by atoms with E-state index in [-0.39, 0.29) is 0 Å². The van der Waals surface area contributed by atoms with E-state index in [1.165, 1.54) is 19.4 Å². The molecule has 0 amide bonds. The number of piperidine rings is 1. The van der Waals surface area contributed by atoms with Gasteiger partial charge in [0.2, 0.25) is 0 Å². The molecular weight excluding hydrogens is 212 g/mol.